The van der Waals surface area contributed by atoms with Crippen LogP contribution in [0.25, 0.3) is 10.9 Å². The molecule has 1 aromatic heterocycles. The number of carbonyl (C=O) groups excluding carboxylic acids is 1. The molecule has 70 valence electrons. The fourth-order valence-corrected chi connectivity index (χ4v) is 1.44. The Morgan fingerprint density at radius 2 is 2.14 bits per heavy atom. The first-order valence-electron chi connectivity index (χ1n) is 4.39. The topological polar surface area (TPSA) is 57.2 Å². The van der Waals surface area contributed by atoms with Gasteiger partial charge in [0.15, 0.2) is 12.0 Å². The Morgan fingerprint density at radius 3 is 2.86 bits per heavy atom. The molecule has 2 aromatic rings. The van der Waals surface area contributed by atoms with Crippen molar-refractivity contribution in [2.24, 2.45) is 0 Å². The van der Waals surface area contributed by atoms with Crippen LogP contribution in [0.15, 0.2) is 30.5 Å². The van der Waals surface area contributed by atoms with Gasteiger partial charge in [-0.25, -0.2) is 4.98 Å². The summed E-state index contributed by atoms with van der Waals surface area (Å²) in [7, 11) is 0. The maximum absolute atomic E-state index is 11.1. The summed E-state index contributed by atoms with van der Waals surface area (Å²) in [6.45, 7) is 1.55. The lowest BCUT2D eigenvalue weighted by atomic mass is 10.1. The first-order chi connectivity index (χ1) is 6.68. The fraction of sp³-hybridized carbons (Fsp3) is 0.0909. The van der Waals surface area contributed by atoms with Gasteiger partial charge in [-0.2, -0.15) is 0 Å². The molecule has 0 aliphatic heterocycles. The molecule has 0 aliphatic carbocycles. The van der Waals surface area contributed by atoms with Gasteiger partial charge in [-0.3, -0.25) is 4.79 Å². The average Bonchev–Trinajstić information content (AvgIpc) is 2.18. The second kappa shape index (κ2) is 3.10. The zero-order chi connectivity index (χ0) is 10.1. The maximum atomic E-state index is 11.1. The predicted molar refractivity (Wildman–Crippen MR) is 54.9 cm³/mol. The van der Waals surface area contributed by atoms with Gasteiger partial charge in [-0.15, -0.1) is 0 Å². The van der Waals surface area contributed by atoms with Crippen molar-refractivity contribution in [3.05, 3.63) is 36.0 Å². The van der Waals surface area contributed by atoms with Gasteiger partial charge in [0.25, 0.3) is 0 Å². The minimum absolute atomic E-state index is 0.0511. The van der Waals surface area contributed by atoms with E-state index < -0.39 is 0 Å². The van der Waals surface area contributed by atoms with Crippen molar-refractivity contribution >= 4 is 22.4 Å². The normalized spacial score (nSPS) is 10.4. The first-order valence-corrected chi connectivity index (χ1v) is 4.39. The molecule has 3 heteroatoms. The summed E-state index contributed by atoms with van der Waals surface area (Å²) in [4.78, 5) is 14.2. The molecule has 0 saturated heterocycles. The second-order valence-corrected chi connectivity index (χ2v) is 3.25. The Balaban J connectivity index is 2.76. The van der Waals surface area contributed by atoms with E-state index in [4.69, 9.17) is 5.73 Å². The van der Waals surface area contributed by atoms with E-state index in [1.54, 1.807) is 25.3 Å². The van der Waals surface area contributed by atoms with Crippen molar-refractivity contribution in [2.75, 3.05) is 5.73 Å². The van der Waals surface area contributed by atoms with Crippen molar-refractivity contribution in [1.82, 2.24) is 0 Å². The minimum Gasteiger partial charge on any atom is -0.398 e. The summed E-state index contributed by atoms with van der Waals surface area (Å²) in [6, 6.07) is 7.25. The van der Waals surface area contributed by atoms with Crippen LogP contribution in [0.3, 0.4) is 0 Å². The maximum Gasteiger partial charge on any atom is 0.212 e. The number of anilines is 1. The highest BCUT2D eigenvalue weighted by Crippen LogP contribution is 2.18. The van der Waals surface area contributed by atoms with Crippen LogP contribution in [-0.2, 0) is 0 Å². The number of carbonyl (C=O) groups is 1. The van der Waals surface area contributed by atoms with Gasteiger partial charge in [-0.05, 0) is 19.1 Å². The number of nitrogen functional groups attached to an aromatic ring is 1. The van der Waals surface area contributed by atoms with Crippen LogP contribution >= 0.6 is 0 Å². The van der Waals surface area contributed by atoms with E-state index in [1.165, 1.54) is 0 Å². The molecule has 0 amide bonds. The Hall–Kier alpha value is -1.90. The number of hydrogen-bond acceptors (Lipinski definition) is 2. The van der Waals surface area contributed by atoms with E-state index in [1.807, 2.05) is 12.1 Å². The molecule has 2 rings (SSSR count). The number of fused-ring (bicyclic) bond motifs is 1. The van der Waals surface area contributed by atoms with Crippen molar-refractivity contribution in [3.8, 4) is 0 Å². The van der Waals surface area contributed by atoms with E-state index in [2.05, 4.69) is 4.98 Å². The number of aromatic nitrogens is 1. The first kappa shape index (κ1) is 8.69. The molecule has 14 heavy (non-hydrogen) atoms. The lowest BCUT2D eigenvalue weighted by Crippen LogP contribution is -2.05. The third-order valence-corrected chi connectivity index (χ3v) is 2.24. The van der Waals surface area contributed by atoms with E-state index in [-0.39, 0.29) is 5.78 Å². The van der Waals surface area contributed by atoms with Crippen LogP contribution in [0.5, 0.6) is 0 Å². The van der Waals surface area contributed by atoms with E-state index in [0.29, 0.717) is 11.3 Å². The molecule has 0 aliphatic rings. The number of nitrogens with two attached hydrogens (primary N) is 1. The van der Waals surface area contributed by atoms with Gasteiger partial charge in [0.05, 0.1) is 11.1 Å². The molecule has 0 bridgehead atoms. The number of pyridine rings is 1. The highest BCUT2D eigenvalue weighted by Gasteiger charge is 2.06. The third-order valence-electron chi connectivity index (χ3n) is 2.24. The van der Waals surface area contributed by atoms with Crippen LogP contribution in [-0.4, -0.2) is 5.78 Å². The minimum atomic E-state index is 0.0511. The Bertz CT molecular complexity index is 506. The fourth-order valence-electron chi connectivity index (χ4n) is 1.44. The van der Waals surface area contributed by atoms with E-state index in [9.17, 15) is 4.79 Å². The lowest BCUT2D eigenvalue weighted by Gasteiger charge is -1.98. The van der Waals surface area contributed by atoms with Gasteiger partial charge in [0.1, 0.15) is 0 Å². The number of aromatic amines is 1. The number of hydrogen-bond donors (Lipinski definition) is 1. The Morgan fingerprint density at radius 1 is 1.36 bits per heavy atom. The van der Waals surface area contributed by atoms with Gasteiger partial charge in [0.2, 0.25) is 5.52 Å². The molecule has 3 nitrogen and oxygen atoms in total. The summed E-state index contributed by atoms with van der Waals surface area (Å²) in [6.07, 6.45) is 1.78. The number of nitrogens with one attached hydrogen (secondary N) is 1. The molecule has 0 fully saturated rings. The van der Waals surface area contributed by atoms with Gasteiger partial charge >= 0.3 is 0 Å². The number of ketones is 1. The van der Waals surface area contributed by atoms with Crippen LogP contribution in [0.2, 0.25) is 0 Å². The zero-order valence-corrected chi connectivity index (χ0v) is 7.87. The Kier molecular flexibility index (Phi) is 1.93. The SMILES string of the molecule is CC(=O)c1ccc2[nH+]ccc(N)c2c1. The lowest BCUT2D eigenvalue weighted by molar-refractivity contribution is -0.344. The summed E-state index contributed by atoms with van der Waals surface area (Å²) >= 11 is 0. The van der Waals surface area contributed by atoms with Crippen LogP contribution in [0.1, 0.15) is 17.3 Å². The number of benzene rings is 1. The highest BCUT2D eigenvalue weighted by molar-refractivity contribution is 5.99. The Labute approximate surface area is 81.6 Å². The van der Waals surface area contributed by atoms with Crippen molar-refractivity contribution in [3.63, 3.8) is 0 Å². The monoisotopic (exact) mass is 187 g/mol. The second-order valence-electron chi connectivity index (χ2n) is 3.25. The standard InChI is InChI=1S/C11H10N2O/c1-7(14)8-2-3-11-9(6-8)10(12)4-5-13-11/h2-6H,1H3,(H2,12,13)/p+1. The quantitative estimate of drug-likeness (QED) is 0.687. The van der Waals surface area contributed by atoms with Crippen LogP contribution in [0, 0.1) is 0 Å². The molecular formula is C11H11N2O+. The van der Waals surface area contributed by atoms with Gasteiger partial charge < -0.3 is 5.73 Å². The summed E-state index contributed by atoms with van der Waals surface area (Å²) in [5, 5.41) is 0.889. The molecule has 0 saturated carbocycles. The van der Waals surface area contributed by atoms with E-state index >= 15 is 0 Å². The molecule has 0 atom stereocenters. The van der Waals surface area contributed by atoms with Crippen LogP contribution in [0.4, 0.5) is 5.69 Å². The molecule has 0 radical (unpaired) electrons. The zero-order valence-electron chi connectivity index (χ0n) is 7.87. The smallest absolute Gasteiger partial charge is 0.212 e. The third kappa shape index (κ3) is 1.33. The highest BCUT2D eigenvalue weighted by atomic mass is 16.1. The van der Waals surface area contributed by atoms with E-state index in [0.717, 1.165) is 10.9 Å². The van der Waals surface area contributed by atoms with Crippen LogP contribution < -0.4 is 10.7 Å². The molecule has 3 N–H and O–H groups in total. The number of H-pyrrole nitrogens is 1. The van der Waals surface area contributed by atoms with Gasteiger partial charge in [-0.1, -0.05) is 0 Å². The van der Waals surface area contributed by atoms with Crippen molar-refractivity contribution < 1.29 is 9.78 Å². The van der Waals surface area contributed by atoms with Crippen molar-refractivity contribution in [2.45, 2.75) is 6.92 Å². The molecular weight excluding hydrogens is 176 g/mol. The number of rotatable bonds is 1. The predicted octanol–water partition coefficient (Wildman–Crippen LogP) is 1.44. The molecule has 1 aromatic carbocycles. The summed E-state index contributed by atoms with van der Waals surface area (Å²) in [5.41, 5.74) is 8.10. The van der Waals surface area contributed by atoms with Crippen molar-refractivity contribution in [1.29, 1.82) is 0 Å². The summed E-state index contributed by atoms with van der Waals surface area (Å²) in [5.74, 6) is 0.0511. The average molecular weight is 187 g/mol. The number of Topliss-reactive ketones (excluding diaryl/α,β-unsaturated/α-hetero) is 1. The molecule has 1 heterocycles. The van der Waals surface area contributed by atoms with Gasteiger partial charge in [0, 0.05) is 17.7 Å². The summed E-state index contributed by atoms with van der Waals surface area (Å²) < 4.78 is 0. The molecule has 0 spiro atoms. The largest absolute Gasteiger partial charge is 0.398 e. The molecule has 0 unspecified atom stereocenters.